The van der Waals surface area contributed by atoms with Gasteiger partial charge in [-0.15, -0.1) is 0 Å². The second kappa shape index (κ2) is 6.73. The van der Waals surface area contributed by atoms with Gasteiger partial charge in [-0.1, -0.05) is 17.3 Å². The van der Waals surface area contributed by atoms with Crippen molar-refractivity contribution in [3.05, 3.63) is 41.6 Å². The van der Waals surface area contributed by atoms with Crippen molar-refractivity contribution in [2.45, 2.75) is 12.7 Å². The van der Waals surface area contributed by atoms with E-state index in [-0.39, 0.29) is 0 Å². The Kier molecular flexibility index (Phi) is 4.98. The number of nitrogens with one attached hydrogen (secondary N) is 1. The number of halogens is 3. The summed E-state index contributed by atoms with van der Waals surface area (Å²) in [7, 11) is 1.61. The summed E-state index contributed by atoms with van der Waals surface area (Å²) in [6.45, 7) is 1.77. The van der Waals surface area contributed by atoms with Crippen LogP contribution in [0.25, 0.3) is 11.3 Å². The number of ether oxygens (including phenoxy) is 1. The summed E-state index contributed by atoms with van der Waals surface area (Å²) in [5, 5.41) is 6.96. The largest absolute Gasteiger partial charge is 0.416 e. The van der Waals surface area contributed by atoms with Crippen molar-refractivity contribution in [3.63, 3.8) is 0 Å². The summed E-state index contributed by atoms with van der Waals surface area (Å²) < 4.78 is 47.4. The highest BCUT2D eigenvalue weighted by molar-refractivity contribution is 5.57. The molecule has 1 aromatic carbocycles. The van der Waals surface area contributed by atoms with Crippen molar-refractivity contribution in [2.24, 2.45) is 0 Å². The molecule has 0 amide bonds. The Morgan fingerprint density at radius 1 is 1.24 bits per heavy atom. The Morgan fingerprint density at radius 2 is 1.95 bits per heavy atom. The smallest absolute Gasteiger partial charge is 0.383 e. The zero-order valence-electron chi connectivity index (χ0n) is 11.4. The lowest BCUT2D eigenvalue weighted by Gasteiger charge is -2.06. The zero-order valence-corrected chi connectivity index (χ0v) is 11.4. The number of rotatable bonds is 6. The van der Waals surface area contributed by atoms with Crippen LogP contribution in [0.1, 0.15) is 11.3 Å². The number of alkyl halides is 3. The predicted molar refractivity (Wildman–Crippen MR) is 70.5 cm³/mol. The molecular weight excluding hydrogens is 285 g/mol. The maximum absolute atomic E-state index is 12.5. The maximum Gasteiger partial charge on any atom is 0.416 e. The van der Waals surface area contributed by atoms with E-state index in [2.05, 4.69) is 10.5 Å². The van der Waals surface area contributed by atoms with E-state index in [1.165, 1.54) is 12.1 Å². The third-order valence-electron chi connectivity index (χ3n) is 2.84. The van der Waals surface area contributed by atoms with Crippen LogP contribution in [0.3, 0.4) is 0 Å². The van der Waals surface area contributed by atoms with Crippen molar-refractivity contribution in [1.29, 1.82) is 0 Å². The van der Waals surface area contributed by atoms with E-state index in [1.807, 2.05) is 0 Å². The molecule has 4 nitrogen and oxygen atoms in total. The molecule has 0 bridgehead atoms. The minimum absolute atomic E-state index is 0.437. The van der Waals surface area contributed by atoms with Crippen molar-refractivity contribution in [3.8, 4) is 11.3 Å². The number of hydrogen-bond donors (Lipinski definition) is 1. The topological polar surface area (TPSA) is 47.3 Å². The van der Waals surface area contributed by atoms with Crippen LogP contribution >= 0.6 is 0 Å². The Labute approximate surface area is 119 Å². The number of benzene rings is 1. The number of nitrogens with zero attached hydrogens (tertiary/aromatic N) is 1. The van der Waals surface area contributed by atoms with Crippen molar-refractivity contribution in [1.82, 2.24) is 10.5 Å². The van der Waals surface area contributed by atoms with Gasteiger partial charge in [-0.25, -0.2) is 0 Å². The van der Waals surface area contributed by atoms with Crippen LogP contribution in [-0.4, -0.2) is 25.4 Å². The molecule has 0 atom stereocenters. The van der Waals surface area contributed by atoms with Crippen LogP contribution in [0.2, 0.25) is 0 Å². The molecule has 0 radical (unpaired) electrons. The lowest BCUT2D eigenvalue weighted by molar-refractivity contribution is -0.137. The molecular formula is C14H15F3N2O2. The summed E-state index contributed by atoms with van der Waals surface area (Å²) in [4.78, 5) is 0. The van der Waals surface area contributed by atoms with E-state index < -0.39 is 11.7 Å². The van der Waals surface area contributed by atoms with Gasteiger partial charge in [-0.05, 0) is 12.1 Å². The highest BCUT2D eigenvalue weighted by Crippen LogP contribution is 2.31. The Bertz CT molecular complexity index is 564. The monoisotopic (exact) mass is 300 g/mol. The second-order valence-electron chi connectivity index (χ2n) is 4.43. The normalized spacial score (nSPS) is 11.8. The molecule has 1 N–H and O–H groups in total. The van der Waals surface area contributed by atoms with Gasteiger partial charge in [-0.3, -0.25) is 0 Å². The molecule has 7 heteroatoms. The zero-order chi connectivity index (χ0) is 15.3. The van der Waals surface area contributed by atoms with Gasteiger partial charge in [0.05, 0.1) is 17.9 Å². The SMILES string of the molecule is COCCNCc1cc(-c2ccc(C(F)(F)F)cc2)on1. The van der Waals surface area contributed by atoms with Crippen molar-refractivity contribution >= 4 is 0 Å². The Hall–Kier alpha value is -1.86. The molecule has 2 aromatic rings. The summed E-state index contributed by atoms with van der Waals surface area (Å²) in [5.74, 6) is 0.437. The molecule has 0 aliphatic rings. The van der Waals surface area contributed by atoms with Crippen LogP contribution in [0.15, 0.2) is 34.9 Å². The highest BCUT2D eigenvalue weighted by Gasteiger charge is 2.30. The van der Waals surface area contributed by atoms with E-state index >= 15 is 0 Å². The van der Waals surface area contributed by atoms with Gasteiger partial charge < -0.3 is 14.6 Å². The molecule has 0 saturated heterocycles. The molecule has 21 heavy (non-hydrogen) atoms. The maximum atomic E-state index is 12.5. The van der Waals surface area contributed by atoms with Gasteiger partial charge in [0.15, 0.2) is 5.76 Å². The second-order valence-corrected chi connectivity index (χ2v) is 4.43. The minimum atomic E-state index is -4.34. The Balaban J connectivity index is 2.00. The first-order valence-electron chi connectivity index (χ1n) is 6.33. The van der Waals surface area contributed by atoms with E-state index in [9.17, 15) is 13.2 Å². The lowest BCUT2D eigenvalue weighted by atomic mass is 10.1. The molecule has 1 aromatic heterocycles. The summed E-state index contributed by atoms with van der Waals surface area (Å²) in [6.07, 6.45) is -4.34. The number of methoxy groups -OCH3 is 1. The van der Waals surface area contributed by atoms with Crippen LogP contribution in [0.4, 0.5) is 13.2 Å². The van der Waals surface area contributed by atoms with Gasteiger partial charge in [0.25, 0.3) is 0 Å². The third kappa shape index (κ3) is 4.30. The summed E-state index contributed by atoms with van der Waals surface area (Å²) >= 11 is 0. The third-order valence-corrected chi connectivity index (χ3v) is 2.84. The highest BCUT2D eigenvalue weighted by atomic mass is 19.4. The fourth-order valence-electron chi connectivity index (χ4n) is 1.75. The quantitative estimate of drug-likeness (QED) is 0.833. The van der Waals surface area contributed by atoms with Crippen molar-refractivity contribution in [2.75, 3.05) is 20.3 Å². The molecule has 1 heterocycles. The molecule has 0 spiro atoms. The first-order valence-corrected chi connectivity index (χ1v) is 6.33. The van der Waals surface area contributed by atoms with E-state index in [1.54, 1.807) is 13.2 Å². The summed E-state index contributed by atoms with van der Waals surface area (Å²) in [5.41, 5.74) is 0.548. The number of hydrogen-bond acceptors (Lipinski definition) is 4. The summed E-state index contributed by atoms with van der Waals surface area (Å²) in [6, 6.07) is 6.47. The van der Waals surface area contributed by atoms with E-state index in [4.69, 9.17) is 9.26 Å². The molecule has 2 rings (SSSR count). The lowest BCUT2D eigenvalue weighted by Crippen LogP contribution is -2.18. The van der Waals surface area contributed by atoms with Gasteiger partial charge in [0.1, 0.15) is 0 Å². The average molecular weight is 300 g/mol. The van der Waals surface area contributed by atoms with E-state index in [0.29, 0.717) is 36.7 Å². The minimum Gasteiger partial charge on any atom is -0.383 e. The van der Waals surface area contributed by atoms with Crippen LogP contribution < -0.4 is 5.32 Å². The molecule has 0 aliphatic carbocycles. The molecule has 0 fully saturated rings. The van der Waals surface area contributed by atoms with Gasteiger partial charge in [-0.2, -0.15) is 13.2 Å². The first-order chi connectivity index (χ1) is 10.0. The molecule has 0 aliphatic heterocycles. The van der Waals surface area contributed by atoms with Crippen molar-refractivity contribution < 1.29 is 22.4 Å². The predicted octanol–water partition coefficient (Wildman–Crippen LogP) is 3.10. The van der Waals surface area contributed by atoms with Crippen LogP contribution in [0, 0.1) is 0 Å². The van der Waals surface area contributed by atoms with Gasteiger partial charge >= 0.3 is 6.18 Å². The van der Waals surface area contributed by atoms with Gasteiger partial charge in [0, 0.05) is 31.8 Å². The standard InChI is InChI=1S/C14H15F3N2O2/c1-20-7-6-18-9-12-8-13(21-19-12)10-2-4-11(5-3-10)14(15,16)17/h2-5,8,18H,6-7,9H2,1H3. The van der Waals surface area contributed by atoms with Gasteiger partial charge in [0.2, 0.25) is 0 Å². The van der Waals surface area contributed by atoms with Crippen LogP contribution in [-0.2, 0) is 17.5 Å². The Morgan fingerprint density at radius 3 is 2.57 bits per heavy atom. The average Bonchev–Trinajstić information content (AvgIpc) is 2.92. The molecule has 114 valence electrons. The van der Waals surface area contributed by atoms with Crippen LogP contribution in [0.5, 0.6) is 0 Å². The molecule has 0 saturated carbocycles. The fraction of sp³-hybridized carbons (Fsp3) is 0.357. The fourth-order valence-corrected chi connectivity index (χ4v) is 1.75. The number of aromatic nitrogens is 1. The molecule has 0 unspecified atom stereocenters. The van der Waals surface area contributed by atoms with E-state index in [0.717, 1.165) is 12.1 Å². The first kappa shape index (κ1) is 15.5.